The van der Waals surface area contributed by atoms with E-state index in [1.807, 2.05) is 0 Å². The van der Waals surface area contributed by atoms with E-state index in [2.05, 4.69) is 15.2 Å². The Hall–Kier alpha value is -1.82. The number of carbonyl (C=O) groups excluding carboxylic acids is 2. The van der Waals surface area contributed by atoms with Crippen LogP contribution in [0.15, 0.2) is 23.2 Å². The van der Waals surface area contributed by atoms with Crippen molar-refractivity contribution in [2.45, 2.75) is 25.7 Å². The zero-order chi connectivity index (χ0) is 14.4. The summed E-state index contributed by atoms with van der Waals surface area (Å²) in [6, 6.07) is 0. The zero-order valence-corrected chi connectivity index (χ0v) is 12.1. The molecular formula is C15H20N4O2. The van der Waals surface area contributed by atoms with E-state index in [-0.39, 0.29) is 11.6 Å². The molecule has 0 aromatic heterocycles. The molecule has 0 radical (unpaired) electrons. The first-order chi connectivity index (χ1) is 10.3. The van der Waals surface area contributed by atoms with Gasteiger partial charge < -0.3 is 9.80 Å². The Morgan fingerprint density at radius 1 is 0.857 bits per heavy atom. The summed E-state index contributed by atoms with van der Waals surface area (Å²) in [6.07, 6.45) is 5.94. The molecule has 0 aromatic carbocycles. The van der Waals surface area contributed by atoms with E-state index in [9.17, 15) is 9.59 Å². The second-order valence-corrected chi connectivity index (χ2v) is 6.05. The van der Waals surface area contributed by atoms with Gasteiger partial charge in [0.2, 0.25) is 11.6 Å². The summed E-state index contributed by atoms with van der Waals surface area (Å²) < 4.78 is 0. The fourth-order valence-corrected chi connectivity index (χ4v) is 3.49. The minimum atomic E-state index is -0.0119. The van der Waals surface area contributed by atoms with E-state index in [0.29, 0.717) is 23.8 Å². The number of likely N-dealkylation sites (tertiary alicyclic amines) is 2. The maximum atomic E-state index is 12.9. The first-order valence-corrected chi connectivity index (χ1v) is 7.81. The summed E-state index contributed by atoms with van der Waals surface area (Å²) in [5.41, 5.74) is 4.80. The number of rotatable bonds is 3. The lowest BCUT2D eigenvalue weighted by Crippen LogP contribution is -2.38. The average Bonchev–Trinajstić information content (AvgIpc) is 2.95. The van der Waals surface area contributed by atoms with Crippen LogP contribution in [-0.2, 0) is 9.59 Å². The van der Waals surface area contributed by atoms with Crippen LogP contribution in [0.4, 0.5) is 0 Å². The molecule has 0 bridgehead atoms. The highest BCUT2D eigenvalue weighted by molar-refractivity contribution is 6.22. The van der Waals surface area contributed by atoms with Crippen molar-refractivity contribution in [3.63, 3.8) is 0 Å². The minimum absolute atomic E-state index is 0.00315. The molecule has 3 heterocycles. The van der Waals surface area contributed by atoms with E-state index in [0.717, 1.165) is 51.9 Å². The van der Waals surface area contributed by atoms with E-state index in [4.69, 9.17) is 0 Å². The molecule has 0 unspecified atom stereocenters. The largest absolute Gasteiger partial charge is 0.368 e. The molecule has 4 rings (SSSR count). The predicted molar refractivity (Wildman–Crippen MR) is 76.6 cm³/mol. The molecule has 0 atom stereocenters. The first-order valence-electron chi connectivity index (χ1n) is 7.81. The van der Waals surface area contributed by atoms with Crippen LogP contribution in [0.1, 0.15) is 25.7 Å². The number of carbonyl (C=O) groups is 2. The molecule has 6 heteroatoms. The molecule has 0 saturated carbocycles. The fraction of sp³-hybridized carbons (Fsp3) is 0.600. The van der Waals surface area contributed by atoms with Gasteiger partial charge in [0, 0.05) is 32.3 Å². The number of hydrogen-bond donors (Lipinski definition) is 1. The Bertz CT molecular complexity index is 550. The predicted octanol–water partition coefficient (Wildman–Crippen LogP) is 0.203. The van der Waals surface area contributed by atoms with Crippen LogP contribution < -0.4 is 5.43 Å². The Morgan fingerprint density at radius 3 is 2.00 bits per heavy atom. The zero-order valence-electron chi connectivity index (χ0n) is 12.1. The smallest absolute Gasteiger partial charge is 0.228 e. The molecule has 0 aromatic rings. The van der Waals surface area contributed by atoms with E-state index in [1.54, 1.807) is 11.1 Å². The number of Topliss-reactive ketones (excluding diaryl/α,β-unsaturated/α-hetero) is 1. The number of hydrogen-bond acceptors (Lipinski definition) is 6. The lowest BCUT2D eigenvalue weighted by molar-refractivity contribution is -0.118. The Balaban J connectivity index is 1.71. The summed E-state index contributed by atoms with van der Waals surface area (Å²) in [6.45, 7) is 4.16. The molecule has 0 spiro atoms. The molecule has 3 fully saturated rings. The highest BCUT2D eigenvalue weighted by Gasteiger charge is 2.40. The summed E-state index contributed by atoms with van der Waals surface area (Å²) in [7, 11) is 0. The van der Waals surface area contributed by atoms with Crippen molar-refractivity contribution in [3.8, 4) is 0 Å². The normalized spacial score (nSPS) is 26.1. The number of ketones is 2. The monoisotopic (exact) mass is 288 g/mol. The van der Waals surface area contributed by atoms with Crippen LogP contribution in [0.5, 0.6) is 0 Å². The molecule has 6 nitrogen and oxygen atoms in total. The number of nitrogens with zero attached hydrogens (tertiary/aromatic N) is 3. The maximum absolute atomic E-state index is 12.9. The van der Waals surface area contributed by atoms with Crippen molar-refractivity contribution in [2.75, 3.05) is 32.8 Å². The third-order valence-electron chi connectivity index (χ3n) is 4.63. The van der Waals surface area contributed by atoms with Crippen molar-refractivity contribution in [1.29, 1.82) is 0 Å². The molecule has 21 heavy (non-hydrogen) atoms. The van der Waals surface area contributed by atoms with Crippen LogP contribution >= 0.6 is 0 Å². The second kappa shape index (κ2) is 4.87. The molecule has 112 valence electrons. The lowest BCUT2D eigenvalue weighted by atomic mass is 10.0. The summed E-state index contributed by atoms with van der Waals surface area (Å²) in [5.74, 6) is -0.00880. The maximum Gasteiger partial charge on any atom is 0.228 e. The van der Waals surface area contributed by atoms with Gasteiger partial charge in [0.15, 0.2) is 0 Å². The highest BCUT2D eigenvalue weighted by Crippen LogP contribution is 2.31. The standard InChI is InChI=1S/C15H20N4O2/c20-12-9-11(17-5-1-2-6-17)15(21)14(19-10-16-19)13(12)18-7-3-4-8-18/h9,16H,1-8,10H2. The fourth-order valence-electron chi connectivity index (χ4n) is 3.49. The van der Waals surface area contributed by atoms with Gasteiger partial charge in [-0.15, -0.1) is 0 Å². The van der Waals surface area contributed by atoms with Gasteiger partial charge in [-0.2, -0.15) is 0 Å². The van der Waals surface area contributed by atoms with Crippen molar-refractivity contribution < 1.29 is 9.59 Å². The van der Waals surface area contributed by atoms with Crippen molar-refractivity contribution >= 4 is 11.6 Å². The molecule has 0 amide bonds. The van der Waals surface area contributed by atoms with Gasteiger partial charge in [0.25, 0.3) is 0 Å². The van der Waals surface area contributed by atoms with Crippen molar-refractivity contribution in [3.05, 3.63) is 23.2 Å². The van der Waals surface area contributed by atoms with Gasteiger partial charge in [-0.1, -0.05) is 0 Å². The summed E-state index contributed by atoms with van der Waals surface area (Å²) in [4.78, 5) is 29.6. The summed E-state index contributed by atoms with van der Waals surface area (Å²) in [5, 5.41) is 1.80. The van der Waals surface area contributed by atoms with Gasteiger partial charge in [0.1, 0.15) is 18.1 Å². The average molecular weight is 288 g/mol. The quantitative estimate of drug-likeness (QED) is 0.591. The van der Waals surface area contributed by atoms with Crippen LogP contribution in [0, 0.1) is 0 Å². The first kappa shape index (κ1) is 12.9. The third kappa shape index (κ3) is 2.14. The Labute approximate surface area is 124 Å². The Kier molecular flexibility index (Phi) is 2.99. The van der Waals surface area contributed by atoms with Crippen LogP contribution in [0.25, 0.3) is 0 Å². The lowest BCUT2D eigenvalue weighted by Gasteiger charge is -2.29. The molecular weight excluding hydrogens is 268 g/mol. The van der Waals surface area contributed by atoms with E-state index >= 15 is 0 Å². The van der Waals surface area contributed by atoms with Crippen LogP contribution in [0.3, 0.4) is 0 Å². The number of allylic oxidation sites excluding steroid dienone is 1. The molecule has 3 aliphatic heterocycles. The molecule has 3 saturated heterocycles. The van der Waals surface area contributed by atoms with Gasteiger partial charge >= 0.3 is 0 Å². The van der Waals surface area contributed by atoms with Crippen LogP contribution in [-0.4, -0.2) is 59.2 Å². The Morgan fingerprint density at radius 2 is 1.43 bits per heavy atom. The van der Waals surface area contributed by atoms with Gasteiger partial charge in [-0.25, -0.2) is 5.43 Å². The highest BCUT2D eigenvalue weighted by atomic mass is 16.1. The second-order valence-electron chi connectivity index (χ2n) is 6.05. The summed E-state index contributed by atoms with van der Waals surface area (Å²) >= 11 is 0. The van der Waals surface area contributed by atoms with E-state index < -0.39 is 0 Å². The molecule has 4 aliphatic rings. The van der Waals surface area contributed by atoms with Gasteiger partial charge in [-0.3, -0.25) is 14.6 Å². The number of hydrazine groups is 1. The van der Waals surface area contributed by atoms with E-state index in [1.165, 1.54) is 0 Å². The number of nitrogens with one attached hydrogen (secondary N) is 1. The topological polar surface area (TPSA) is 65.6 Å². The van der Waals surface area contributed by atoms with Crippen molar-refractivity contribution in [2.24, 2.45) is 0 Å². The van der Waals surface area contributed by atoms with Crippen molar-refractivity contribution in [1.82, 2.24) is 20.2 Å². The molecule has 1 aliphatic carbocycles. The SMILES string of the molecule is O=C1C=C(N2CCCC2)C(=O)C(N2CN2)=C1N1CCCC1. The van der Waals surface area contributed by atoms with Crippen LogP contribution in [0.2, 0.25) is 0 Å². The minimum Gasteiger partial charge on any atom is -0.368 e. The molecule has 1 N–H and O–H groups in total. The van der Waals surface area contributed by atoms with Gasteiger partial charge in [-0.05, 0) is 25.7 Å². The third-order valence-corrected chi connectivity index (χ3v) is 4.63. The van der Waals surface area contributed by atoms with Gasteiger partial charge in [0.05, 0.1) is 5.70 Å².